The van der Waals surface area contributed by atoms with Crippen molar-refractivity contribution < 1.29 is 0 Å². The molecule has 4 aromatic rings. The highest BCUT2D eigenvalue weighted by atomic mass is 15.2. The number of pyridine rings is 1. The van der Waals surface area contributed by atoms with Crippen LogP contribution in [-0.2, 0) is 0 Å². The van der Waals surface area contributed by atoms with Crippen LogP contribution in [0.4, 0.5) is 11.8 Å². The zero-order valence-electron chi connectivity index (χ0n) is 17.1. The van der Waals surface area contributed by atoms with Gasteiger partial charge in [-0.1, -0.05) is 48.5 Å². The van der Waals surface area contributed by atoms with Gasteiger partial charge in [0.2, 0.25) is 5.95 Å². The Labute approximate surface area is 181 Å². The Morgan fingerprint density at radius 1 is 0.903 bits per heavy atom. The molecule has 5 rings (SSSR count). The van der Waals surface area contributed by atoms with Crippen molar-refractivity contribution in [2.24, 2.45) is 0 Å². The molecule has 0 spiro atoms. The number of aromatic nitrogens is 3. The molecule has 0 bridgehead atoms. The van der Waals surface area contributed by atoms with Crippen molar-refractivity contribution in [3.05, 3.63) is 78.5 Å². The summed E-state index contributed by atoms with van der Waals surface area (Å²) in [4.78, 5) is 16.3. The fourth-order valence-electron chi connectivity index (χ4n) is 4.03. The van der Waals surface area contributed by atoms with Crippen LogP contribution in [0.5, 0.6) is 0 Å². The van der Waals surface area contributed by atoms with Crippen LogP contribution in [0.25, 0.3) is 22.2 Å². The zero-order valence-corrected chi connectivity index (χ0v) is 17.1. The van der Waals surface area contributed by atoms with E-state index in [4.69, 9.17) is 15.2 Å². The van der Waals surface area contributed by atoms with Crippen LogP contribution in [0.2, 0.25) is 0 Å². The molecule has 1 aliphatic heterocycles. The maximum absolute atomic E-state index is 8.95. The minimum atomic E-state index is 0.305. The van der Waals surface area contributed by atoms with Gasteiger partial charge in [-0.2, -0.15) is 5.26 Å². The number of nitriles is 1. The molecular formula is C25H22N6. The largest absolute Gasteiger partial charge is 0.356 e. The lowest BCUT2D eigenvalue weighted by Crippen LogP contribution is -2.39. The van der Waals surface area contributed by atoms with Gasteiger partial charge in [0.1, 0.15) is 11.9 Å². The Kier molecular flexibility index (Phi) is 5.16. The van der Waals surface area contributed by atoms with Crippen molar-refractivity contribution in [3.8, 4) is 17.3 Å². The summed E-state index contributed by atoms with van der Waals surface area (Å²) in [6.07, 6.45) is 3.57. The Morgan fingerprint density at radius 2 is 1.68 bits per heavy atom. The number of hydrogen-bond acceptors (Lipinski definition) is 6. The fraction of sp³-hybridized carbons (Fsp3) is 0.200. The van der Waals surface area contributed by atoms with Gasteiger partial charge in [0.25, 0.3) is 0 Å². The third-order valence-corrected chi connectivity index (χ3v) is 5.68. The molecule has 1 saturated heterocycles. The van der Waals surface area contributed by atoms with Crippen LogP contribution in [0.1, 0.15) is 18.4 Å². The molecule has 6 nitrogen and oxygen atoms in total. The molecule has 0 amide bonds. The van der Waals surface area contributed by atoms with Crippen molar-refractivity contribution >= 4 is 22.7 Å². The number of hydrogen-bond donors (Lipinski definition) is 1. The summed E-state index contributed by atoms with van der Waals surface area (Å²) in [6.45, 7) is 1.80. The van der Waals surface area contributed by atoms with E-state index in [-0.39, 0.29) is 0 Å². The fourth-order valence-corrected chi connectivity index (χ4v) is 4.03. The van der Waals surface area contributed by atoms with Crippen LogP contribution in [0.15, 0.2) is 72.9 Å². The number of nitrogens with zero attached hydrogens (tertiary/aromatic N) is 5. The van der Waals surface area contributed by atoms with Crippen LogP contribution in [0.3, 0.4) is 0 Å². The molecule has 1 N–H and O–H groups in total. The van der Waals surface area contributed by atoms with Crippen molar-refractivity contribution in [1.82, 2.24) is 15.0 Å². The third kappa shape index (κ3) is 4.03. The molecule has 0 radical (unpaired) electrons. The van der Waals surface area contributed by atoms with E-state index in [2.05, 4.69) is 39.5 Å². The van der Waals surface area contributed by atoms with Crippen LogP contribution >= 0.6 is 0 Å². The van der Waals surface area contributed by atoms with Gasteiger partial charge in [0.15, 0.2) is 0 Å². The van der Waals surface area contributed by atoms with Crippen LogP contribution in [-0.4, -0.2) is 34.1 Å². The Balaban J connectivity index is 1.34. The predicted molar refractivity (Wildman–Crippen MR) is 123 cm³/mol. The maximum Gasteiger partial charge on any atom is 0.224 e. The highest BCUT2D eigenvalue weighted by molar-refractivity contribution is 5.93. The predicted octanol–water partition coefficient (Wildman–Crippen LogP) is 4.64. The van der Waals surface area contributed by atoms with Crippen LogP contribution in [0, 0.1) is 11.3 Å². The van der Waals surface area contributed by atoms with Gasteiger partial charge in [-0.05, 0) is 31.0 Å². The first-order valence-electron chi connectivity index (χ1n) is 10.5. The molecule has 3 heterocycles. The number of para-hydroxylation sites is 1. The first-order chi connectivity index (χ1) is 15.3. The molecule has 152 valence electrons. The average Bonchev–Trinajstić information content (AvgIpc) is 2.85. The first kappa shape index (κ1) is 19.0. The molecule has 31 heavy (non-hydrogen) atoms. The minimum absolute atomic E-state index is 0.305. The number of fused-ring (bicyclic) bond motifs is 1. The summed E-state index contributed by atoms with van der Waals surface area (Å²) < 4.78 is 0. The van der Waals surface area contributed by atoms with Crippen LogP contribution < -0.4 is 10.2 Å². The second-order valence-electron chi connectivity index (χ2n) is 7.70. The molecule has 0 unspecified atom stereocenters. The summed E-state index contributed by atoms with van der Waals surface area (Å²) in [5.41, 5.74) is 3.57. The second-order valence-corrected chi connectivity index (χ2v) is 7.70. The molecular weight excluding hydrogens is 384 g/mol. The smallest absolute Gasteiger partial charge is 0.224 e. The summed E-state index contributed by atoms with van der Waals surface area (Å²) in [5.74, 6) is 1.60. The quantitative estimate of drug-likeness (QED) is 0.532. The van der Waals surface area contributed by atoms with Gasteiger partial charge >= 0.3 is 0 Å². The van der Waals surface area contributed by atoms with E-state index in [1.807, 2.05) is 48.5 Å². The van der Waals surface area contributed by atoms with E-state index in [0.29, 0.717) is 17.6 Å². The first-order valence-corrected chi connectivity index (χ1v) is 10.5. The molecule has 1 fully saturated rings. The van der Waals surface area contributed by atoms with Crippen molar-refractivity contribution in [3.63, 3.8) is 0 Å². The minimum Gasteiger partial charge on any atom is -0.356 e. The highest BCUT2D eigenvalue weighted by Gasteiger charge is 2.21. The van der Waals surface area contributed by atoms with Crippen molar-refractivity contribution in [2.75, 3.05) is 23.3 Å². The normalized spacial score (nSPS) is 14.4. The lowest BCUT2D eigenvalue weighted by atomic mass is 10.0. The molecule has 0 saturated carbocycles. The monoisotopic (exact) mass is 406 g/mol. The van der Waals surface area contributed by atoms with Gasteiger partial charge in [-0.25, -0.2) is 15.0 Å². The summed E-state index contributed by atoms with van der Waals surface area (Å²) in [6, 6.07) is 24.6. The van der Waals surface area contributed by atoms with Crippen molar-refractivity contribution in [1.29, 1.82) is 5.26 Å². The highest BCUT2D eigenvalue weighted by Crippen LogP contribution is 2.28. The molecule has 0 aliphatic carbocycles. The van der Waals surface area contributed by atoms with Gasteiger partial charge in [-0.15, -0.1) is 0 Å². The molecule has 2 aromatic carbocycles. The van der Waals surface area contributed by atoms with Gasteiger partial charge < -0.3 is 10.2 Å². The third-order valence-electron chi connectivity index (χ3n) is 5.68. The lowest BCUT2D eigenvalue weighted by molar-refractivity contribution is 0.521. The Bertz CT molecular complexity index is 1220. The SMILES string of the molecule is N#Cc1ccc(N2CCC(Nc3nc(-c4ccccc4)c4ccccc4n3)CC2)nc1. The molecule has 2 aromatic heterocycles. The second kappa shape index (κ2) is 8.41. The Hall–Kier alpha value is -3.98. The molecule has 1 aliphatic rings. The van der Waals surface area contributed by atoms with E-state index in [0.717, 1.165) is 53.9 Å². The van der Waals surface area contributed by atoms with E-state index in [1.54, 1.807) is 6.20 Å². The summed E-state index contributed by atoms with van der Waals surface area (Å²) in [7, 11) is 0. The number of piperidine rings is 1. The number of benzene rings is 2. The molecule has 0 atom stereocenters. The standard InChI is InChI=1S/C25H22N6/c26-16-18-10-11-23(27-17-18)31-14-12-20(13-15-31)28-25-29-22-9-5-4-8-21(22)24(30-25)19-6-2-1-3-7-19/h1-11,17,20H,12-15H2,(H,28,29,30). The molecule has 6 heteroatoms. The number of rotatable bonds is 4. The summed E-state index contributed by atoms with van der Waals surface area (Å²) in [5, 5.41) is 13.6. The number of nitrogens with one attached hydrogen (secondary N) is 1. The maximum atomic E-state index is 8.95. The van der Waals surface area contributed by atoms with Gasteiger partial charge in [0, 0.05) is 36.3 Å². The zero-order chi connectivity index (χ0) is 21.0. The Morgan fingerprint density at radius 3 is 2.42 bits per heavy atom. The lowest BCUT2D eigenvalue weighted by Gasteiger charge is -2.33. The van der Waals surface area contributed by atoms with E-state index in [9.17, 15) is 0 Å². The van der Waals surface area contributed by atoms with E-state index in [1.165, 1.54) is 0 Å². The summed E-state index contributed by atoms with van der Waals surface area (Å²) >= 11 is 0. The van der Waals surface area contributed by atoms with E-state index < -0.39 is 0 Å². The van der Waals surface area contributed by atoms with Crippen molar-refractivity contribution in [2.45, 2.75) is 18.9 Å². The van der Waals surface area contributed by atoms with Gasteiger partial charge in [-0.3, -0.25) is 0 Å². The van der Waals surface area contributed by atoms with Gasteiger partial charge in [0.05, 0.1) is 16.8 Å². The van der Waals surface area contributed by atoms with E-state index >= 15 is 0 Å². The topological polar surface area (TPSA) is 77.7 Å². The average molecular weight is 406 g/mol. The number of anilines is 2.